The molecule has 0 bridgehead atoms. The maximum Gasteiger partial charge on any atom is 0.314 e. The summed E-state index contributed by atoms with van der Waals surface area (Å²) < 4.78 is 0. The monoisotopic (exact) mass is 372 g/mol. The molecule has 0 spiro atoms. The van der Waals surface area contributed by atoms with Crippen molar-refractivity contribution in [1.29, 1.82) is 0 Å². The fraction of sp³-hybridized carbons (Fsp3) is 0.278. The first kappa shape index (κ1) is 17.8. The third-order valence-corrected chi connectivity index (χ3v) is 5.06. The molecule has 0 radical (unpaired) electrons. The molecule has 5 nitrogen and oxygen atoms in total. The van der Waals surface area contributed by atoms with Gasteiger partial charge in [-0.15, -0.1) is 11.8 Å². The first-order valence-electron chi connectivity index (χ1n) is 8.17. The molecular weight excluding hydrogens is 352 g/mol. The highest BCUT2D eigenvalue weighted by Crippen LogP contribution is 2.31. The number of pyridine rings is 2. The Bertz CT molecular complexity index is 872. The third-order valence-electron chi connectivity index (χ3n) is 3.69. The molecule has 2 aromatic heterocycles. The number of fused-ring (bicyclic) bond motifs is 3. The van der Waals surface area contributed by atoms with Crippen molar-refractivity contribution in [2.24, 2.45) is 0 Å². The molecule has 0 atom stereocenters. The highest BCUT2D eigenvalue weighted by atomic mass is 32.2. The number of amides is 2. The van der Waals surface area contributed by atoms with E-state index in [1.807, 2.05) is 18.2 Å². The molecule has 7 heteroatoms. The number of hydrogen-bond acceptors (Lipinski definition) is 5. The van der Waals surface area contributed by atoms with Crippen LogP contribution < -0.4 is 10.6 Å². The lowest BCUT2D eigenvalue weighted by Gasteiger charge is -2.10. The smallest absolute Gasteiger partial charge is 0.314 e. The number of nitrogens with zero attached hydrogens (tertiary/aromatic N) is 2. The highest BCUT2D eigenvalue weighted by molar-refractivity contribution is 7.99. The average molecular weight is 373 g/mol. The molecule has 0 saturated heterocycles. The van der Waals surface area contributed by atoms with Crippen molar-refractivity contribution in [3.63, 3.8) is 0 Å². The van der Waals surface area contributed by atoms with Gasteiger partial charge in [0.05, 0.1) is 11.0 Å². The Kier molecular flexibility index (Phi) is 6.36. The number of benzene rings is 1. The second-order valence-corrected chi connectivity index (χ2v) is 7.04. The number of urea groups is 1. The van der Waals surface area contributed by atoms with Crippen molar-refractivity contribution in [3.05, 3.63) is 42.7 Å². The van der Waals surface area contributed by atoms with Crippen LogP contribution in [0.2, 0.25) is 0 Å². The van der Waals surface area contributed by atoms with E-state index in [4.69, 9.17) is 0 Å². The lowest BCUT2D eigenvalue weighted by molar-refractivity contribution is 0.241. The molecule has 0 aliphatic rings. The Morgan fingerprint density at radius 3 is 2.68 bits per heavy atom. The van der Waals surface area contributed by atoms with Gasteiger partial charge in [0.25, 0.3) is 0 Å². The van der Waals surface area contributed by atoms with E-state index in [1.54, 1.807) is 24.2 Å². The van der Waals surface area contributed by atoms with E-state index in [1.165, 1.54) is 0 Å². The maximum atomic E-state index is 11.6. The fourth-order valence-corrected chi connectivity index (χ4v) is 3.65. The molecule has 3 rings (SSSR count). The number of rotatable bonds is 7. The Balaban J connectivity index is 1.66. The summed E-state index contributed by atoms with van der Waals surface area (Å²) in [5, 5.41) is 7.85. The van der Waals surface area contributed by atoms with Gasteiger partial charge >= 0.3 is 6.03 Å². The zero-order valence-corrected chi connectivity index (χ0v) is 15.4. The van der Waals surface area contributed by atoms with Gasteiger partial charge in [0, 0.05) is 46.9 Å². The summed E-state index contributed by atoms with van der Waals surface area (Å²) >= 11 is 5.83. The van der Waals surface area contributed by atoms with Crippen molar-refractivity contribution in [2.45, 2.75) is 11.3 Å². The molecule has 0 fully saturated rings. The molecule has 2 amide bonds. The summed E-state index contributed by atoms with van der Waals surface area (Å²) in [6.07, 6.45) is 4.45. The van der Waals surface area contributed by atoms with Crippen molar-refractivity contribution in [3.8, 4) is 0 Å². The number of carbonyl (C=O) groups is 1. The second kappa shape index (κ2) is 8.92. The first-order valence-corrected chi connectivity index (χ1v) is 9.79. The molecule has 0 saturated carbocycles. The van der Waals surface area contributed by atoms with Crippen molar-refractivity contribution in [2.75, 3.05) is 24.6 Å². The number of aromatic nitrogens is 2. The van der Waals surface area contributed by atoms with E-state index < -0.39 is 0 Å². The molecule has 1 aromatic carbocycles. The topological polar surface area (TPSA) is 66.9 Å². The van der Waals surface area contributed by atoms with Gasteiger partial charge in [0.2, 0.25) is 0 Å². The molecule has 130 valence electrons. The van der Waals surface area contributed by atoms with Crippen LogP contribution in [0.3, 0.4) is 0 Å². The van der Waals surface area contributed by atoms with Crippen molar-refractivity contribution in [1.82, 2.24) is 20.6 Å². The van der Waals surface area contributed by atoms with Crippen LogP contribution in [-0.2, 0) is 0 Å². The summed E-state index contributed by atoms with van der Waals surface area (Å²) in [5.41, 5.74) is 1.84. The van der Waals surface area contributed by atoms with E-state index in [9.17, 15) is 4.79 Å². The van der Waals surface area contributed by atoms with Crippen molar-refractivity contribution < 1.29 is 4.79 Å². The summed E-state index contributed by atoms with van der Waals surface area (Å²) in [7, 11) is 0. The maximum absolute atomic E-state index is 11.6. The Hall–Kier alpha value is -1.99. The van der Waals surface area contributed by atoms with Crippen LogP contribution in [0.25, 0.3) is 21.8 Å². The van der Waals surface area contributed by atoms with E-state index in [0.717, 1.165) is 44.6 Å². The zero-order valence-electron chi connectivity index (χ0n) is 13.7. The minimum Gasteiger partial charge on any atom is -0.338 e. The van der Waals surface area contributed by atoms with Crippen LogP contribution in [0, 0.1) is 0 Å². The molecular formula is C18H20N4OS2. The molecule has 2 heterocycles. The van der Waals surface area contributed by atoms with Crippen LogP contribution in [0.15, 0.2) is 47.6 Å². The largest absolute Gasteiger partial charge is 0.338 e. The number of carbonyl (C=O) groups excluding carboxylic acids is 1. The molecule has 25 heavy (non-hydrogen) atoms. The summed E-state index contributed by atoms with van der Waals surface area (Å²) in [6.45, 7) is 1.25. The molecule has 0 aliphatic carbocycles. The van der Waals surface area contributed by atoms with Gasteiger partial charge in [-0.3, -0.25) is 9.97 Å². The Morgan fingerprint density at radius 1 is 1.08 bits per heavy atom. The van der Waals surface area contributed by atoms with Gasteiger partial charge in [-0.2, -0.15) is 12.6 Å². The highest BCUT2D eigenvalue weighted by Gasteiger charge is 2.08. The van der Waals surface area contributed by atoms with Crippen LogP contribution in [-0.4, -0.2) is 40.6 Å². The molecule has 2 N–H and O–H groups in total. The van der Waals surface area contributed by atoms with Gasteiger partial charge in [-0.1, -0.05) is 12.1 Å². The van der Waals surface area contributed by atoms with Crippen LogP contribution in [0.4, 0.5) is 4.79 Å². The van der Waals surface area contributed by atoms with Gasteiger partial charge in [0.1, 0.15) is 0 Å². The number of nitrogens with one attached hydrogen (secondary N) is 2. The SMILES string of the molecule is O=C(NCCCS)NCCSc1cc2cccnc2c2ncccc12. The average Bonchev–Trinajstić information content (AvgIpc) is 2.65. The fourth-order valence-electron chi connectivity index (χ4n) is 2.53. The standard InChI is InChI=1S/C18H20N4OS2/c23-18(21-8-3-10-24)22-9-11-25-15-12-13-4-1-6-19-16(13)17-14(15)5-2-7-20-17/h1-2,4-7,12,24H,3,8-11H2,(H2,21,22,23). The second-order valence-electron chi connectivity index (χ2n) is 5.46. The van der Waals surface area contributed by atoms with Gasteiger partial charge < -0.3 is 10.6 Å². The lowest BCUT2D eigenvalue weighted by atomic mass is 10.1. The zero-order chi connectivity index (χ0) is 17.5. The predicted octanol–water partition coefficient (Wildman–Crippen LogP) is 3.49. The summed E-state index contributed by atoms with van der Waals surface area (Å²) in [4.78, 5) is 21.8. The molecule has 3 aromatic rings. The van der Waals surface area contributed by atoms with E-state index in [-0.39, 0.29) is 6.03 Å². The van der Waals surface area contributed by atoms with Crippen molar-refractivity contribution >= 4 is 52.2 Å². The van der Waals surface area contributed by atoms with Gasteiger partial charge in [0.15, 0.2) is 0 Å². The number of thioether (sulfide) groups is 1. The number of thiol groups is 1. The minimum atomic E-state index is -0.128. The normalized spacial score (nSPS) is 10.9. The van der Waals surface area contributed by atoms with Gasteiger partial charge in [-0.05, 0) is 30.4 Å². The Morgan fingerprint density at radius 2 is 1.84 bits per heavy atom. The summed E-state index contributed by atoms with van der Waals surface area (Å²) in [6, 6.07) is 10.0. The first-order chi connectivity index (χ1) is 12.3. The van der Waals surface area contributed by atoms with Crippen LogP contribution in [0.1, 0.15) is 6.42 Å². The summed E-state index contributed by atoms with van der Waals surface area (Å²) in [5.74, 6) is 1.56. The minimum absolute atomic E-state index is 0.128. The lowest BCUT2D eigenvalue weighted by Crippen LogP contribution is -2.37. The molecule has 0 aliphatic heterocycles. The van der Waals surface area contributed by atoms with Gasteiger partial charge in [-0.25, -0.2) is 4.79 Å². The number of hydrogen-bond donors (Lipinski definition) is 3. The third kappa shape index (κ3) is 4.55. The van der Waals surface area contributed by atoms with E-state index in [0.29, 0.717) is 13.1 Å². The van der Waals surface area contributed by atoms with Crippen LogP contribution >= 0.6 is 24.4 Å². The van der Waals surface area contributed by atoms with E-state index in [2.05, 4.69) is 45.4 Å². The predicted molar refractivity (Wildman–Crippen MR) is 108 cm³/mol. The molecule has 0 unspecified atom stereocenters. The quantitative estimate of drug-likeness (QED) is 0.257. The van der Waals surface area contributed by atoms with Crippen LogP contribution in [0.5, 0.6) is 0 Å². The Labute approximate surface area is 156 Å². The van der Waals surface area contributed by atoms with E-state index >= 15 is 0 Å².